The Hall–Kier alpha value is -2.42. The van der Waals surface area contributed by atoms with Crippen molar-refractivity contribution in [2.24, 2.45) is 5.92 Å². The minimum Gasteiger partial charge on any atom is -0.326 e. The van der Waals surface area contributed by atoms with Gasteiger partial charge in [-0.1, -0.05) is 18.9 Å². The van der Waals surface area contributed by atoms with Crippen LogP contribution in [0.2, 0.25) is 0 Å². The van der Waals surface area contributed by atoms with E-state index >= 15 is 0 Å². The zero-order valence-corrected chi connectivity index (χ0v) is 15.1. The van der Waals surface area contributed by atoms with E-state index in [1.807, 2.05) is 0 Å². The summed E-state index contributed by atoms with van der Waals surface area (Å²) in [5.74, 6) is -0.517. The van der Waals surface area contributed by atoms with Gasteiger partial charge >= 0.3 is 6.18 Å². The Morgan fingerprint density at radius 2 is 1.93 bits per heavy atom. The molecule has 0 saturated heterocycles. The number of hydrogen-bond acceptors (Lipinski definition) is 4. The molecule has 1 aliphatic carbocycles. The van der Waals surface area contributed by atoms with E-state index in [1.165, 1.54) is 23.5 Å². The van der Waals surface area contributed by atoms with Gasteiger partial charge in [0.2, 0.25) is 11.8 Å². The zero-order chi connectivity index (χ0) is 19.4. The lowest BCUT2D eigenvalue weighted by Gasteiger charge is -2.09. The van der Waals surface area contributed by atoms with E-state index in [0.29, 0.717) is 10.8 Å². The third kappa shape index (κ3) is 5.29. The van der Waals surface area contributed by atoms with E-state index < -0.39 is 17.6 Å². The number of alkyl halides is 3. The molecule has 1 heterocycles. The highest BCUT2D eigenvalue weighted by molar-refractivity contribution is 7.13. The normalized spacial score (nSPS) is 14.9. The molecule has 0 atom stereocenters. The number of thiazole rings is 1. The lowest BCUT2D eigenvalue weighted by atomic mass is 10.1. The third-order valence-electron chi connectivity index (χ3n) is 4.32. The van der Waals surface area contributed by atoms with Crippen LogP contribution in [0.25, 0.3) is 0 Å². The third-order valence-corrected chi connectivity index (χ3v) is 5.13. The smallest absolute Gasteiger partial charge is 0.326 e. The number of carbonyl (C=O) groups is 2. The molecular formula is C18H18F3N3O2S. The molecule has 0 bridgehead atoms. The zero-order valence-electron chi connectivity index (χ0n) is 14.3. The molecule has 2 amide bonds. The second kappa shape index (κ2) is 8.08. The standard InChI is InChI=1S/C18H18F3N3O2S/c19-18(20,21)12-6-3-7-13(8-12)22-15(25)9-14-10-27-17(23-14)24-16(26)11-4-1-2-5-11/h3,6-8,10-11H,1-2,4-5,9H2,(H,22,25)(H,23,24,26). The number of amides is 2. The first-order valence-electron chi connectivity index (χ1n) is 8.53. The molecule has 1 fully saturated rings. The van der Waals surface area contributed by atoms with Gasteiger partial charge in [0, 0.05) is 17.0 Å². The molecule has 5 nitrogen and oxygen atoms in total. The van der Waals surface area contributed by atoms with E-state index in [4.69, 9.17) is 0 Å². The summed E-state index contributed by atoms with van der Waals surface area (Å²) in [5, 5.41) is 7.27. The summed E-state index contributed by atoms with van der Waals surface area (Å²) >= 11 is 1.22. The van der Waals surface area contributed by atoms with Crippen molar-refractivity contribution in [1.29, 1.82) is 0 Å². The van der Waals surface area contributed by atoms with E-state index in [-0.39, 0.29) is 23.9 Å². The Labute approximate surface area is 158 Å². The molecule has 27 heavy (non-hydrogen) atoms. The van der Waals surface area contributed by atoms with Gasteiger partial charge in [-0.25, -0.2) is 4.98 Å². The van der Waals surface area contributed by atoms with Gasteiger partial charge in [-0.15, -0.1) is 11.3 Å². The van der Waals surface area contributed by atoms with Crippen LogP contribution < -0.4 is 10.6 Å². The van der Waals surface area contributed by atoms with Crippen molar-refractivity contribution in [2.45, 2.75) is 38.3 Å². The Kier molecular flexibility index (Phi) is 5.79. The first-order valence-corrected chi connectivity index (χ1v) is 9.41. The topological polar surface area (TPSA) is 71.1 Å². The minimum absolute atomic E-state index is 0.0153. The van der Waals surface area contributed by atoms with Crippen LogP contribution in [0.4, 0.5) is 24.0 Å². The highest BCUT2D eigenvalue weighted by atomic mass is 32.1. The Balaban J connectivity index is 1.55. The van der Waals surface area contributed by atoms with Crippen molar-refractivity contribution in [2.75, 3.05) is 10.6 Å². The molecule has 144 valence electrons. The maximum Gasteiger partial charge on any atom is 0.416 e. The number of anilines is 2. The van der Waals surface area contributed by atoms with Gasteiger partial charge in [0.05, 0.1) is 17.7 Å². The van der Waals surface area contributed by atoms with Crippen LogP contribution in [-0.4, -0.2) is 16.8 Å². The van der Waals surface area contributed by atoms with Crippen molar-refractivity contribution in [3.8, 4) is 0 Å². The summed E-state index contributed by atoms with van der Waals surface area (Å²) < 4.78 is 38.1. The molecule has 1 aliphatic rings. The summed E-state index contributed by atoms with van der Waals surface area (Å²) in [6.07, 6.45) is -0.700. The van der Waals surface area contributed by atoms with Gasteiger partial charge in [-0.3, -0.25) is 9.59 Å². The molecular weight excluding hydrogens is 379 g/mol. The van der Waals surface area contributed by atoms with Crippen molar-refractivity contribution in [1.82, 2.24) is 4.98 Å². The van der Waals surface area contributed by atoms with Crippen molar-refractivity contribution in [3.05, 3.63) is 40.9 Å². The maximum absolute atomic E-state index is 12.7. The number of halogens is 3. The van der Waals surface area contributed by atoms with Gasteiger partial charge in [0.15, 0.2) is 5.13 Å². The quantitative estimate of drug-likeness (QED) is 0.782. The molecule has 1 aromatic carbocycles. The number of nitrogens with one attached hydrogen (secondary N) is 2. The molecule has 2 N–H and O–H groups in total. The van der Waals surface area contributed by atoms with Gasteiger partial charge in [-0.2, -0.15) is 13.2 Å². The SMILES string of the molecule is O=C(Cc1csc(NC(=O)C2CCCC2)n1)Nc1cccc(C(F)(F)F)c1. The molecule has 2 aromatic rings. The van der Waals surface area contributed by atoms with E-state index in [1.54, 1.807) is 5.38 Å². The molecule has 9 heteroatoms. The second-order valence-corrected chi connectivity index (χ2v) is 7.28. The lowest BCUT2D eigenvalue weighted by Crippen LogP contribution is -2.20. The van der Waals surface area contributed by atoms with Crippen LogP contribution in [0, 0.1) is 5.92 Å². The molecule has 1 saturated carbocycles. The fraction of sp³-hybridized carbons (Fsp3) is 0.389. The van der Waals surface area contributed by atoms with Gasteiger partial charge < -0.3 is 10.6 Å². The number of hydrogen-bond donors (Lipinski definition) is 2. The monoisotopic (exact) mass is 397 g/mol. The number of aromatic nitrogens is 1. The number of benzene rings is 1. The van der Waals surface area contributed by atoms with Crippen LogP contribution in [0.5, 0.6) is 0 Å². The van der Waals surface area contributed by atoms with Crippen LogP contribution in [-0.2, 0) is 22.2 Å². The van der Waals surface area contributed by atoms with Gasteiger partial charge in [-0.05, 0) is 31.0 Å². The highest BCUT2D eigenvalue weighted by Gasteiger charge is 2.30. The predicted octanol–water partition coefficient (Wildman–Crippen LogP) is 4.47. The fourth-order valence-corrected chi connectivity index (χ4v) is 3.70. The lowest BCUT2D eigenvalue weighted by molar-refractivity contribution is -0.137. The maximum atomic E-state index is 12.7. The number of carbonyl (C=O) groups excluding carboxylic acids is 2. The fourth-order valence-electron chi connectivity index (χ4n) is 2.98. The average Bonchev–Trinajstić information content (AvgIpc) is 3.26. The minimum atomic E-state index is -4.47. The molecule has 0 unspecified atom stereocenters. The van der Waals surface area contributed by atoms with Gasteiger partial charge in [0.1, 0.15) is 0 Å². The Morgan fingerprint density at radius 1 is 1.19 bits per heavy atom. The molecule has 1 aromatic heterocycles. The molecule has 3 rings (SSSR count). The van der Waals surface area contributed by atoms with E-state index in [2.05, 4.69) is 15.6 Å². The van der Waals surface area contributed by atoms with E-state index in [0.717, 1.165) is 37.8 Å². The Bertz CT molecular complexity index is 829. The van der Waals surface area contributed by atoms with Crippen molar-refractivity contribution >= 4 is 34.0 Å². The van der Waals surface area contributed by atoms with Crippen molar-refractivity contribution < 1.29 is 22.8 Å². The summed E-state index contributed by atoms with van der Waals surface area (Å²) in [7, 11) is 0. The highest BCUT2D eigenvalue weighted by Crippen LogP contribution is 2.31. The van der Waals surface area contributed by atoms with Crippen LogP contribution >= 0.6 is 11.3 Å². The van der Waals surface area contributed by atoms with Crippen LogP contribution in [0.15, 0.2) is 29.6 Å². The van der Waals surface area contributed by atoms with Crippen molar-refractivity contribution in [3.63, 3.8) is 0 Å². The average molecular weight is 397 g/mol. The largest absolute Gasteiger partial charge is 0.416 e. The molecule has 0 radical (unpaired) electrons. The Morgan fingerprint density at radius 3 is 2.63 bits per heavy atom. The summed E-state index contributed by atoms with van der Waals surface area (Å²) in [6.45, 7) is 0. The van der Waals surface area contributed by atoms with Crippen LogP contribution in [0.1, 0.15) is 36.9 Å². The second-order valence-electron chi connectivity index (χ2n) is 6.42. The number of nitrogens with zero attached hydrogens (tertiary/aromatic N) is 1. The predicted molar refractivity (Wildman–Crippen MR) is 96.5 cm³/mol. The molecule has 0 aliphatic heterocycles. The summed E-state index contributed by atoms with van der Waals surface area (Å²) in [6, 6.07) is 4.45. The first-order chi connectivity index (χ1) is 12.8. The molecule has 0 spiro atoms. The van der Waals surface area contributed by atoms with Crippen LogP contribution in [0.3, 0.4) is 0 Å². The van der Waals surface area contributed by atoms with E-state index in [9.17, 15) is 22.8 Å². The number of rotatable bonds is 5. The summed E-state index contributed by atoms with van der Waals surface area (Å²) in [5.41, 5.74) is -0.308. The van der Waals surface area contributed by atoms with Gasteiger partial charge in [0.25, 0.3) is 0 Å². The first kappa shape index (κ1) is 19.3. The summed E-state index contributed by atoms with van der Waals surface area (Å²) in [4.78, 5) is 28.4.